The van der Waals surface area contributed by atoms with Gasteiger partial charge in [0.25, 0.3) is 0 Å². The largest absolute Gasteiger partial charge is 0.479 e. The van der Waals surface area contributed by atoms with E-state index in [1.165, 1.54) is 19.1 Å². The van der Waals surface area contributed by atoms with E-state index < -0.39 is 12.1 Å². The third-order valence-corrected chi connectivity index (χ3v) is 2.36. The maximum absolute atomic E-state index is 10.6. The van der Waals surface area contributed by atoms with Gasteiger partial charge < -0.3 is 9.84 Å². The highest BCUT2D eigenvalue weighted by molar-refractivity contribution is 6.37. The Kier molecular flexibility index (Phi) is 4.15. The Morgan fingerprint density at radius 3 is 2.31 bits per heavy atom. The third-order valence-electron chi connectivity index (χ3n) is 1.80. The van der Waals surface area contributed by atoms with Crippen molar-refractivity contribution in [1.82, 2.24) is 0 Å². The van der Waals surface area contributed by atoms with Gasteiger partial charge in [0.15, 0.2) is 11.9 Å². The normalized spacial score (nSPS) is 11.9. The van der Waals surface area contributed by atoms with Gasteiger partial charge >= 0.3 is 5.97 Å². The topological polar surface area (TPSA) is 63.6 Å². The summed E-state index contributed by atoms with van der Waals surface area (Å²) in [5.41, 5.74) is 0.297. The number of carbonyl (C=O) groups is 2. The Balaban J connectivity index is 3.05. The Morgan fingerprint density at radius 1 is 1.44 bits per heavy atom. The second kappa shape index (κ2) is 5.18. The molecule has 4 nitrogen and oxygen atoms in total. The summed E-state index contributed by atoms with van der Waals surface area (Å²) in [6.45, 7) is 1.35. The molecule has 0 saturated carbocycles. The van der Waals surface area contributed by atoms with E-state index in [0.717, 1.165) is 0 Å². The van der Waals surface area contributed by atoms with Crippen molar-refractivity contribution in [3.05, 3.63) is 27.7 Å². The van der Waals surface area contributed by atoms with Crippen LogP contribution in [0.1, 0.15) is 17.3 Å². The lowest BCUT2D eigenvalue weighted by Crippen LogP contribution is -2.23. The zero-order valence-electron chi connectivity index (χ0n) is 8.24. The van der Waals surface area contributed by atoms with E-state index in [2.05, 4.69) is 0 Å². The number of aldehydes is 1. The number of hydrogen-bond acceptors (Lipinski definition) is 3. The lowest BCUT2D eigenvalue weighted by Gasteiger charge is -2.13. The third kappa shape index (κ3) is 2.87. The number of carboxylic acid groups (broad SMARTS) is 1. The fourth-order valence-electron chi connectivity index (χ4n) is 0.987. The number of ether oxygens (including phenoxy) is 1. The van der Waals surface area contributed by atoms with Gasteiger partial charge in [0.05, 0.1) is 10.0 Å². The maximum Gasteiger partial charge on any atom is 0.344 e. The summed E-state index contributed by atoms with van der Waals surface area (Å²) in [5, 5.41) is 8.86. The first-order valence-electron chi connectivity index (χ1n) is 4.29. The van der Waals surface area contributed by atoms with Crippen molar-refractivity contribution < 1.29 is 19.4 Å². The van der Waals surface area contributed by atoms with Gasteiger partial charge in [0.1, 0.15) is 6.29 Å². The van der Waals surface area contributed by atoms with Gasteiger partial charge in [-0.3, -0.25) is 4.79 Å². The molecule has 1 N–H and O–H groups in total. The number of hydrogen-bond donors (Lipinski definition) is 1. The van der Waals surface area contributed by atoms with Crippen molar-refractivity contribution in [3.63, 3.8) is 0 Å². The summed E-state index contributed by atoms with van der Waals surface area (Å²) in [6.07, 6.45) is -0.487. The first-order chi connectivity index (χ1) is 7.45. The van der Waals surface area contributed by atoms with Crippen molar-refractivity contribution in [1.29, 1.82) is 0 Å². The second-order valence-electron chi connectivity index (χ2n) is 3.03. The molecule has 0 spiro atoms. The molecule has 0 unspecified atom stereocenters. The van der Waals surface area contributed by atoms with E-state index in [0.29, 0.717) is 11.8 Å². The minimum absolute atomic E-state index is 0.0591. The molecule has 86 valence electrons. The zero-order chi connectivity index (χ0) is 12.3. The summed E-state index contributed by atoms with van der Waals surface area (Å²) >= 11 is 11.6. The van der Waals surface area contributed by atoms with Gasteiger partial charge in [0, 0.05) is 5.56 Å². The van der Waals surface area contributed by atoms with Gasteiger partial charge in [-0.1, -0.05) is 23.2 Å². The van der Waals surface area contributed by atoms with Crippen LogP contribution >= 0.6 is 23.2 Å². The van der Waals surface area contributed by atoms with Crippen LogP contribution in [0.3, 0.4) is 0 Å². The lowest BCUT2D eigenvalue weighted by atomic mass is 10.2. The Labute approximate surface area is 102 Å². The molecule has 1 aromatic carbocycles. The molecule has 0 saturated heterocycles. The van der Waals surface area contributed by atoms with E-state index in [1.54, 1.807) is 0 Å². The molecule has 0 aromatic heterocycles. The highest BCUT2D eigenvalue weighted by Crippen LogP contribution is 2.34. The van der Waals surface area contributed by atoms with Crippen LogP contribution in [-0.2, 0) is 4.79 Å². The first-order valence-corrected chi connectivity index (χ1v) is 5.05. The standard InChI is InChI=1S/C10H8Cl2O4/c1-5(10(14)15)16-9-7(11)2-6(4-13)3-8(9)12/h2-5H,1H3,(H,14,15)/t5-/m0/s1. The van der Waals surface area contributed by atoms with E-state index in [1.807, 2.05) is 0 Å². The molecule has 16 heavy (non-hydrogen) atoms. The van der Waals surface area contributed by atoms with Crippen LogP contribution in [0.25, 0.3) is 0 Å². The zero-order valence-corrected chi connectivity index (χ0v) is 9.75. The Hall–Kier alpha value is -1.26. The van der Waals surface area contributed by atoms with Gasteiger partial charge in [-0.25, -0.2) is 4.79 Å². The summed E-state index contributed by atoms with van der Waals surface area (Å²) in [5.74, 6) is -1.07. The number of rotatable bonds is 4. The smallest absolute Gasteiger partial charge is 0.344 e. The predicted molar refractivity (Wildman–Crippen MR) is 59.6 cm³/mol. The van der Waals surface area contributed by atoms with Crippen LogP contribution < -0.4 is 4.74 Å². The highest BCUT2D eigenvalue weighted by Gasteiger charge is 2.17. The van der Waals surface area contributed by atoms with Crippen LogP contribution in [0.2, 0.25) is 10.0 Å². The van der Waals surface area contributed by atoms with Gasteiger partial charge in [-0.05, 0) is 19.1 Å². The fraction of sp³-hybridized carbons (Fsp3) is 0.200. The highest BCUT2D eigenvalue weighted by atomic mass is 35.5. The predicted octanol–water partition coefficient (Wildman–Crippen LogP) is 2.66. The molecule has 0 radical (unpaired) electrons. The molecule has 0 aliphatic heterocycles. The number of carboxylic acids is 1. The van der Waals surface area contributed by atoms with Crippen LogP contribution in [0.5, 0.6) is 5.75 Å². The van der Waals surface area contributed by atoms with Crippen molar-refractivity contribution in [2.24, 2.45) is 0 Å². The molecular weight excluding hydrogens is 255 g/mol. The molecule has 1 atom stereocenters. The lowest BCUT2D eigenvalue weighted by molar-refractivity contribution is -0.144. The average molecular weight is 263 g/mol. The number of benzene rings is 1. The maximum atomic E-state index is 10.6. The first kappa shape index (κ1) is 12.8. The minimum atomic E-state index is -1.13. The Bertz CT molecular complexity index is 408. The molecule has 0 aliphatic rings. The van der Waals surface area contributed by atoms with E-state index in [-0.39, 0.29) is 15.8 Å². The van der Waals surface area contributed by atoms with Gasteiger partial charge in [-0.15, -0.1) is 0 Å². The monoisotopic (exact) mass is 262 g/mol. The molecule has 1 rings (SSSR count). The van der Waals surface area contributed by atoms with Crippen molar-refractivity contribution >= 4 is 35.5 Å². The SMILES string of the molecule is C[C@H](Oc1c(Cl)cc(C=O)cc1Cl)C(=O)O. The number of carbonyl (C=O) groups excluding carboxylic acids is 1. The molecule has 0 heterocycles. The molecule has 1 aromatic rings. The Morgan fingerprint density at radius 2 is 1.94 bits per heavy atom. The summed E-state index contributed by atoms with van der Waals surface area (Å²) in [6, 6.07) is 2.70. The van der Waals surface area contributed by atoms with Crippen molar-refractivity contribution in [2.45, 2.75) is 13.0 Å². The van der Waals surface area contributed by atoms with Gasteiger partial charge in [-0.2, -0.15) is 0 Å². The van der Waals surface area contributed by atoms with Crippen LogP contribution in [0.15, 0.2) is 12.1 Å². The fourth-order valence-corrected chi connectivity index (χ4v) is 1.58. The summed E-state index contributed by atoms with van der Waals surface area (Å²) in [7, 11) is 0. The van der Waals surface area contributed by atoms with Crippen LogP contribution in [0, 0.1) is 0 Å². The second-order valence-corrected chi connectivity index (χ2v) is 3.84. The number of halogens is 2. The van der Waals surface area contributed by atoms with Crippen molar-refractivity contribution in [2.75, 3.05) is 0 Å². The number of aliphatic carboxylic acids is 1. The molecule has 0 bridgehead atoms. The molecular formula is C10H8Cl2O4. The van der Waals surface area contributed by atoms with E-state index in [4.69, 9.17) is 33.0 Å². The van der Waals surface area contributed by atoms with Crippen LogP contribution in [-0.4, -0.2) is 23.5 Å². The molecule has 0 fully saturated rings. The minimum Gasteiger partial charge on any atom is -0.479 e. The molecule has 0 amide bonds. The average Bonchev–Trinajstić information content (AvgIpc) is 2.22. The molecule has 0 aliphatic carbocycles. The van der Waals surface area contributed by atoms with Crippen molar-refractivity contribution in [3.8, 4) is 5.75 Å². The van der Waals surface area contributed by atoms with E-state index >= 15 is 0 Å². The van der Waals surface area contributed by atoms with E-state index in [9.17, 15) is 9.59 Å². The summed E-state index contributed by atoms with van der Waals surface area (Å²) in [4.78, 5) is 21.1. The quantitative estimate of drug-likeness (QED) is 0.848. The summed E-state index contributed by atoms with van der Waals surface area (Å²) < 4.78 is 5.06. The van der Waals surface area contributed by atoms with Crippen LogP contribution in [0.4, 0.5) is 0 Å². The van der Waals surface area contributed by atoms with Gasteiger partial charge in [0.2, 0.25) is 0 Å². The molecule has 6 heteroatoms.